The number of carbonyl (C=O) groups is 1. The zero-order chi connectivity index (χ0) is 21.9. The third-order valence-corrected chi connectivity index (χ3v) is 5.49. The van der Waals surface area contributed by atoms with E-state index in [1.54, 1.807) is 35.1 Å². The van der Waals surface area contributed by atoms with Gasteiger partial charge in [-0.1, -0.05) is 41.9 Å². The lowest BCUT2D eigenvalue weighted by molar-refractivity contribution is -0.387. The van der Waals surface area contributed by atoms with Crippen molar-refractivity contribution >= 4 is 39.0 Å². The Morgan fingerprint density at radius 2 is 1.73 bits per heavy atom. The number of anilines is 1. The normalized spacial score (nSPS) is 11.0. The smallest absolute Gasteiger partial charge is 0.304 e. The van der Waals surface area contributed by atoms with Crippen LogP contribution in [0.15, 0.2) is 70.5 Å². The van der Waals surface area contributed by atoms with Crippen molar-refractivity contribution in [1.29, 1.82) is 0 Å². The van der Waals surface area contributed by atoms with E-state index in [2.05, 4.69) is 10.4 Å². The molecule has 0 bridgehead atoms. The van der Waals surface area contributed by atoms with Gasteiger partial charge < -0.3 is 5.32 Å². The van der Waals surface area contributed by atoms with Crippen molar-refractivity contribution < 1.29 is 18.1 Å². The summed E-state index contributed by atoms with van der Waals surface area (Å²) in [7, 11) is -4.58. The Bertz CT molecular complexity index is 1290. The van der Waals surface area contributed by atoms with E-state index in [4.69, 9.17) is 11.6 Å². The van der Waals surface area contributed by atoms with Crippen molar-refractivity contribution in [2.24, 2.45) is 0 Å². The van der Waals surface area contributed by atoms with E-state index in [1.165, 1.54) is 12.1 Å². The van der Waals surface area contributed by atoms with Gasteiger partial charge in [0.15, 0.2) is 4.90 Å². The van der Waals surface area contributed by atoms with Gasteiger partial charge in [0.1, 0.15) is 5.02 Å². The zero-order valence-corrected chi connectivity index (χ0v) is 16.4. The number of halogens is 1. The van der Waals surface area contributed by atoms with Gasteiger partial charge in [0, 0.05) is 6.07 Å². The molecule has 0 fully saturated rings. The van der Waals surface area contributed by atoms with Crippen LogP contribution >= 0.6 is 11.6 Å². The van der Waals surface area contributed by atoms with Gasteiger partial charge in [0.05, 0.1) is 22.5 Å². The topological polar surface area (TPSA) is 153 Å². The van der Waals surface area contributed by atoms with Crippen LogP contribution < -0.4 is 15.6 Å². The molecule has 0 saturated heterocycles. The molecule has 0 aliphatic heterocycles. The van der Waals surface area contributed by atoms with Crippen LogP contribution in [-0.4, -0.2) is 29.2 Å². The standard InChI is InChI=1S/C17H12ClN5O6S/c18-15-12(10-19-22(16(15)24)11-6-2-1-3-7-11)20-17(25)21-30(28,29)14-9-5-4-8-13(14)23(26)27/h1-10H,(H2,20,21,25). The number of nitrogens with zero attached hydrogens (tertiary/aromatic N) is 3. The number of carbonyl (C=O) groups excluding carboxylic acids is 1. The summed E-state index contributed by atoms with van der Waals surface area (Å²) >= 11 is 5.99. The van der Waals surface area contributed by atoms with Crippen LogP contribution in [0.1, 0.15) is 0 Å². The molecule has 1 heterocycles. The van der Waals surface area contributed by atoms with E-state index in [0.29, 0.717) is 5.69 Å². The Hall–Kier alpha value is -3.77. The summed E-state index contributed by atoms with van der Waals surface area (Å²) in [5.74, 6) is 0. The summed E-state index contributed by atoms with van der Waals surface area (Å²) in [6.45, 7) is 0. The van der Waals surface area contributed by atoms with Crippen LogP contribution in [0, 0.1) is 10.1 Å². The fraction of sp³-hybridized carbons (Fsp3) is 0. The SMILES string of the molecule is O=C(Nc1cnn(-c2ccccc2)c(=O)c1Cl)NS(=O)(=O)c1ccccc1[N+](=O)[O-]. The van der Waals surface area contributed by atoms with Crippen LogP contribution in [0.3, 0.4) is 0 Å². The van der Waals surface area contributed by atoms with Crippen molar-refractivity contribution in [2.45, 2.75) is 4.90 Å². The molecular formula is C17H12ClN5O6S. The second-order valence-electron chi connectivity index (χ2n) is 5.71. The first-order valence-corrected chi connectivity index (χ1v) is 9.97. The number of para-hydroxylation sites is 2. The molecular weight excluding hydrogens is 438 g/mol. The summed E-state index contributed by atoms with van der Waals surface area (Å²) in [5.41, 5.74) is -1.27. The fourth-order valence-electron chi connectivity index (χ4n) is 2.43. The lowest BCUT2D eigenvalue weighted by Gasteiger charge is -2.11. The van der Waals surface area contributed by atoms with Crippen molar-refractivity contribution in [1.82, 2.24) is 14.5 Å². The molecule has 0 unspecified atom stereocenters. The van der Waals surface area contributed by atoms with E-state index in [0.717, 1.165) is 23.0 Å². The monoisotopic (exact) mass is 449 g/mol. The number of amides is 2. The lowest BCUT2D eigenvalue weighted by atomic mass is 10.3. The Balaban J connectivity index is 1.84. The molecule has 30 heavy (non-hydrogen) atoms. The first kappa shape index (κ1) is 21.0. The van der Waals surface area contributed by atoms with Crippen molar-refractivity contribution in [2.75, 3.05) is 5.32 Å². The summed E-state index contributed by atoms with van der Waals surface area (Å²) in [6.07, 6.45) is 1.06. The number of nitro benzene ring substituents is 1. The molecule has 0 spiro atoms. The molecule has 0 atom stereocenters. The molecule has 2 N–H and O–H groups in total. The van der Waals surface area contributed by atoms with Crippen molar-refractivity contribution in [3.05, 3.63) is 86.3 Å². The maximum absolute atomic E-state index is 12.4. The summed E-state index contributed by atoms with van der Waals surface area (Å²) in [6, 6.07) is 11.6. The third kappa shape index (κ3) is 4.29. The molecule has 0 aliphatic carbocycles. The summed E-state index contributed by atoms with van der Waals surface area (Å²) in [5, 5.41) is 16.6. The van der Waals surface area contributed by atoms with Gasteiger partial charge in [-0.2, -0.15) is 9.78 Å². The third-order valence-electron chi connectivity index (χ3n) is 3.75. The number of nitrogens with one attached hydrogen (secondary N) is 2. The van der Waals surface area contributed by atoms with Crippen LogP contribution in [0.25, 0.3) is 5.69 Å². The molecule has 0 saturated carbocycles. The number of hydrogen-bond acceptors (Lipinski definition) is 7. The van der Waals surface area contributed by atoms with Crippen LogP contribution in [0.2, 0.25) is 5.02 Å². The van der Waals surface area contributed by atoms with Crippen LogP contribution in [0.4, 0.5) is 16.2 Å². The highest BCUT2D eigenvalue weighted by Crippen LogP contribution is 2.23. The highest BCUT2D eigenvalue weighted by atomic mass is 35.5. The van der Waals surface area contributed by atoms with Gasteiger partial charge in [0.25, 0.3) is 21.3 Å². The molecule has 11 nitrogen and oxygen atoms in total. The average molecular weight is 450 g/mol. The number of hydrogen-bond donors (Lipinski definition) is 2. The molecule has 0 aliphatic rings. The average Bonchev–Trinajstić information content (AvgIpc) is 2.72. The molecule has 3 aromatic rings. The molecule has 0 radical (unpaired) electrons. The summed E-state index contributed by atoms with van der Waals surface area (Å²) in [4.78, 5) is 34.0. The van der Waals surface area contributed by atoms with Crippen molar-refractivity contribution in [3.8, 4) is 5.69 Å². The van der Waals surface area contributed by atoms with E-state index in [9.17, 15) is 28.1 Å². The lowest BCUT2D eigenvalue weighted by Crippen LogP contribution is -2.35. The molecule has 2 amide bonds. The Morgan fingerprint density at radius 3 is 2.40 bits per heavy atom. The van der Waals surface area contributed by atoms with Crippen LogP contribution in [0.5, 0.6) is 0 Å². The minimum absolute atomic E-state index is 0.246. The second kappa shape index (κ2) is 8.31. The number of aromatic nitrogens is 2. The summed E-state index contributed by atoms with van der Waals surface area (Å²) < 4.78 is 27.3. The van der Waals surface area contributed by atoms with Gasteiger partial charge in [0.2, 0.25) is 0 Å². The minimum Gasteiger partial charge on any atom is -0.304 e. The molecule has 3 rings (SSSR count). The first-order valence-electron chi connectivity index (χ1n) is 8.11. The van der Waals surface area contributed by atoms with Gasteiger partial charge in [-0.3, -0.25) is 14.9 Å². The molecule has 2 aromatic carbocycles. The zero-order valence-electron chi connectivity index (χ0n) is 14.9. The van der Waals surface area contributed by atoms with Crippen LogP contribution in [-0.2, 0) is 10.0 Å². The predicted molar refractivity (Wildman–Crippen MR) is 107 cm³/mol. The van der Waals surface area contributed by atoms with E-state index < -0.39 is 42.1 Å². The van der Waals surface area contributed by atoms with Gasteiger partial charge in [-0.15, -0.1) is 0 Å². The minimum atomic E-state index is -4.58. The van der Waals surface area contributed by atoms with Gasteiger partial charge in [-0.05, 0) is 18.2 Å². The van der Waals surface area contributed by atoms with E-state index in [-0.39, 0.29) is 5.69 Å². The maximum Gasteiger partial charge on any atom is 0.333 e. The van der Waals surface area contributed by atoms with E-state index in [1.807, 2.05) is 0 Å². The number of rotatable bonds is 5. The Morgan fingerprint density at radius 1 is 1.10 bits per heavy atom. The van der Waals surface area contributed by atoms with Gasteiger partial charge in [-0.25, -0.2) is 17.9 Å². The quantitative estimate of drug-likeness (QED) is 0.447. The predicted octanol–water partition coefficient (Wildman–Crippen LogP) is 2.30. The molecule has 1 aromatic heterocycles. The highest BCUT2D eigenvalue weighted by molar-refractivity contribution is 7.90. The van der Waals surface area contributed by atoms with Gasteiger partial charge >= 0.3 is 6.03 Å². The number of nitro groups is 1. The van der Waals surface area contributed by atoms with Crippen molar-refractivity contribution in [3.63, 3.8) is 0 Å². The highest BCUT2D eigenvalue weighted by Gasteiger charge is 2.27. The first-order chi connectivity index (χ1) is 14.2. The fourth-order valence-corrected chi connectivity index (χ4v) is 3.69. The Kier molecular flexibility index (Phi) is 5.80. The van der Waals surface area contributed by atoms with E-state index >= 15 is 0 Å². The number of sulfonamides is 1. The maximum atomic E-state index is 12.4. The second-order valence-corrected chi connectivity index (χ2v) is 7.74. The number of benzene rings is 2. The number of urea groups is 1. The molecule has 13 heteroatoms. The molecule has 154 valence electrons. The largest absolute Gasteiger partial charge is 0.333 e. The Labute approximate surface area is 174 Å².